The van der Waals surface area contributed by atoms with Gasteiger partial charge >= 0.3 is 0 Å². The van der Waals surface area contributed by atoms with E-state index >= 15 is 0 Å². The molecule has 3 unspecified atom stereocenters. The molecule has 0 aromatic rings. The second-order valence-corrected chi connectivity index (χ2v) is 5.24. The molecule has 2 N–H and O–H groups in total. The van der Waals surface area contributed by atoms with E-state index in [1.165, 1.54) is 6.42 Å². The summed E-state index contributed by atoms with van der Waals surface area (Å²) in [5.74, 6) is 0.684. The molecule has 1 fully saturated rings. The molecule has 0 bridgehead atoms. The van der Waals surface area contributed by atoms with Crippen molar-refractivity contribution in [3.63, 3.8) is 0 Å². The summed E-state index contributed by atoms with van der Waals surface area (Å²) in [6.07, 6.45) is 5.81. The van der Waals surface area contributed by atoms with Crippen molar-refractivity contribution >= 4 is 10.8 Å². The first-order valence-corrected chi connectivity index (χ1v) is 6.64. The van der Waals surface area contributed by atoms with Gasteiger partial charge in [-0.25, -0.2) is 0 Å². The van der Waals surface area contributed by atoms with Crippen molar-refractivity contribution in [3.05, 3.63) is 0 Å². The highest BCUT2D eigenvalue weighted by atomic mass is 32.2. The van der Waals surface area contributed by atoms with E-state index in [4.69, 9.17) is 0 Å². The molecule has 0 heterocycles. The van der Waals surface area contributed by atoms with Crippen molar-refractivity contribution in [2.24, 2.45) is 0 Å². The van der Waals surface area contributed by atoms with Gasteiger partial charge < -0.3 is 10.4 Å². The minimum absolute atomic E-state index is 0.195. The highest BCUT2D eigenvalue weighted by Gasteiger charge is 2.21. The van der Waals surface area contributed by atoms with Crippen LogP contribution in [0.1, 0.15) is 25.7 Å². The number of rotatable bonds is 4. The molecule has 0 aliphatic heterocycles. The highest BCUT2D eigenvalue weighted by Crippen LogP contribution is 2.17. The van der Waals surface area contributed by atoms with Crippen molar-refractivity contribution in [2.75, 3.05) is 18.6 Å². The molecule has 1 rings (SSSR count). The van der Waals surface area contributed by atoms with E-state index in [2.05, 4.69) is 5.32 Å². The summed E-state index contributed by atoms with van der Waals surface area (Å²) in [7, 11) is -0.725. The third-order valence-electron chi connectivity index (χ3n) is 2.53. The number of hydrogen-bond donors (Lipinski definition) is 2. The molecule has 3 nitrogen and oxygen atoms in total. The Morgan fingerprint density at radius 2 is 2.15 bits per heavy atom. The third-order valence-corrected chi connectivity index (χ3v) is 3.30. The van der Waals surface area contributed by atoms with E-state index in [9.17, 15) is 9.32 Å². The lowest BCUT2D eigenvalue weighted by atomic mass is 9.93. The minimum atomic E-state index is -0.725. The maximum absolute atomic E-state index is 10.8. The molecule has 1 aliphatic rings. The van der Waals surface area contributed by atoms with E-state index in [-0.39, 0.29) is 12.1 Å². The molecule has 13 heavy (non-hydrogen) atoms. The van der Waals surface area contributed by atoms with Gasteiger partial charge in [0.2, 0.25) is 0 Å². The number of nitrogens with one attached hydrogen (secondary N) is 1. The average molecular weight is 205 g/mol. The Bertz CT molecular complexity index is 175. The van der Waals surface area contributed by atoms with Gasteiger partial charge in [0.25, 0.3) is 0 Å². The maximum Gasteiger partial charge on any atom is 0.0693 e. The van der Waals surface area contributed by atoms with Crippen molar-refractivity contribution in [1.29, 1.82) is 0 Å². The van der Waals surface area contributed by atoms with E-state index in [1.54, 1.807) is 6.26 Å². The fraction of sp³-hybridized carbons (Fsp3) is 1.00. The van der Waals surface area contributed by atoms with Crippen molar-refractivity contribution in [1.82, 2.24) is 5.32 Å². The predicted octanol–water partition coefficient (Wildman–Crippen LogP) is 0.258. The van der Waals surface area contributed by atoms with Crippen LogP contribution in [0.25, 0.3) is 0 Å². The quantitative estimate of drug-likeness (QED) is 0.692. The fourth-order valence-corrected chi connectivity index (χ4v) is 2.14. The summed E-state index contributed by atoms with van der Waals surface area (Å²) in [6, 6.07) is 0.234. The highest BCUT2D eigenvalue weighted by molar-refractivity contribution is 7.84. The van der Waals surface area contributed by atoms with E-state index < -0.39 is 10.8 Å². The number of aliphatic hydroxyl groups excluding tert-OH is 1. The van der Waals surface area contributed by atoms with Gasteiger partial charge in [-0.05, 0) is 12.8 Å². The van der Waals surface area contributed by atoms with Crippen LogP contribution in [0.15, 0.2) is 0 Å². The van der Waals surface area contributed by atoms with Crippen molar-refractivity contribution < 1.29 is 9.32 Å². The first kappa shape index (κ1) is 11.1. The minimum Gasteiger partial charge on any atom is -0.392 e. The number of hydrogen-bond acceptors (Lipinski definition) is 3. The van der Waals surface area contributed by atoms with Gasteiger partial charge in [0.1, 0.15) is 0 Å². The van der Waals surface area contributed by atoms with E-state index in [0.29, 0.717) is 5.75 Å². The molecular formula is C9H19NO2S. The van der Waals surface area contributed by atoms with Crippen LogP contribution in [0.2, 0.25) is 0 Å². The Hall–Kier alpha value is 0.0700. The smallest absolute Gasteiger partial charge is 0.0693 e. The molecule has 3 atom stereocenters. The van der Waals surface area contributed by atoms with Crippen molar-refractivity contribution in [2.45, 2.75) is 37.8 Å². The molecule has 0 spiro atoms. The summed E-state index contributed by atoms with van der Waals surface area (Å²) in [4.78, 5) is 0. The Balaban J connectivity index is 2.15. The molecule has 1 aliphatic carbocycles. The Morgan fingerprint density at radius 1 is 1.46 bits per heavy atom. The Kier molecular flexibility index (Phi) is 4.91. The van der Waals surface area contributed by atoms with Crippen LogP contribution in [0.4, 0.5) is 0 Å². The molecule has 0 saturated heterocycles. The largest absolute Gasteiger partial charge is 0.392 e. The lowest BCUT2D eigenvalue weighted by Gasteiger charge is -2.28. The van der Waals surface area contributed by atoms with Crippen LogP contribution in [0, 0.1) is 0 Å². The zero-order chi connectivity index (χ0) is 9.68. The van der Waals surface area contributed by atoms with Crippen LogP contribution >= 0.6 is 0 Å². The van der Waals surface area contributed by atoms with Crippen LogP contribution in [-0.2, 0) is 10.8 Å². The van der Waals surface area contributed by atoms with Crippen LogP contribution in [0.5, 0.6) is 0 Å². The average Bonchev–Trinajstić information content (AvgIpc) is 2.08. The summed E-state index contributed by atoms with van der Waals surface area (Å²) < 4.78 is 10.8. The zero-order valence-electron chi connectivity index (χ0n) is 8.16. The van der Waals surface area contributed by atoms with Gasteiger partial charge in [-0.2, -0.15) is 0 Å². The summed E-state index contributed by atoms with van der Waals surface area (Å²) in [5, 5.41) is 12.9. The molecular weight excluding hydrogens is 186 g/mol. The van der Waals surface area contributed by atoms with E-state index in [0.717, 1.165) is 25.8 Å². The van der Waals surface area contributed by atoms with Crippen LogP contribution < -0.4 is 5.32 Å². The molecule has 78 valence electrons. The number of aliphatic hydroxyl groups is 1. The first-order chi connectivity index (χ1) is 6.20. The normalized spacial score (nSPS) is 31.5. The molecule has 4 heteroatoms. The molecule has 0 amide bonds. The van der Waals surface area contributed by atoms with Gasteiger partial charge in [-0.1, -0.05) is 12.8 Å². The summed E-state index contributed by atoms with van der Waals surface area (Å²) >= 11 is 0. The lowest BCUT2D eigenvalue weighted by molar-refractivity contribution is 0.0921. The predicted molar refractivity (Wildman–Crippen MR) is 55.2 cm³/mol. The monoisotopic (exact) mass is 205 g/mol. The van der Waals surface area contributed by atoms with Gasteiger partial charge in [0.15, 0.2) is 0 Å². The second kappa shape index (κ2) is 5.73. The maximum atomic E-state index is 10.8. The summed E-state index contributed by atoms with van der Waals surface area (Å²) in [5.41, 5.74) is 0. The van der Waals surface area contributed by atoms with Gasteiger partial charge in [-0.3, -0.25) is 4.21 Å². The SMILES string of the molecule is CS(=O)CCNC1CCCCC1O. The van der Waals surface area contributed by atoms with Gasteiger partial charge in [0, 0.05) is 35.4 Å². The zero-order valence-corrected chi connectivity index (χ0v) is 8.98. The van der Waals surface area contributed by atoms with Crippen molar-refractivity contribution in [3.8, 4) is 0 Å². The van der Waals surface area contributed by atoms with Gasteiger partial charge in [-0.15, -0.1) is 0 Å². The Morgan fingerprint density at radius 3 is 2.77 bits per heavy atom. The third kappa shape index (κ3) is 4.20. The fourth-order valence-electron chi connectivity index (χ4n) is 1.74. The lowest BCUT2D eigenvalue weighted by Crippen LogP contribution is -2.43. The van der Waals surface area contributed by atoms with Gasteiger partial charge in [0.05, 0.1) is 6.10 Å². The molecule has 0 aromatic carbocycles. The molecule has 0 radical (unpaired) electrons. The Labute approximate surface area is 82.4 Å². The van der Waals surface area contributed by atoms with Crippen LogP contribution in [0.3, 0.4) is 0 Å². The standard InChI is InChI=1S/C9H19NO2S/c1-13(12)7-6-10-8-4-2-3-5-9(8)11/h8-11H,2-7H2,1H3. The first-order valence-electron chi connectivity index (χ1n) is 4.91. The van der Waals surface area contributed by atoms with E-state index in [1.807, 2.05) is 0 Å². The topological polar surface area (TPSA) is 49.3 Å². The molecule has 1 saturated carbocycles. The second-order valence-electron chi connectivity index (χ2n) is 3.69. The summed E-state index contributed by atoms with van der Waals surface area (Å²) in [6.45, 7) is 0.755. The molecule has 0 aromatic heterocycles. The van der Waals surface area contributed by atoms with Crippen LogP contribution in [-0.4, -0.2) is 40.0 Å².